The van der Waals surface area contributed by atoms with E-state index in [9.17, 15) is 5.11 Å². The van der Waals surface area contributed by atoms with Crippen LogP contribution in [0.5, 0.6) is 0 Å². The second-order valence-electron chi connectivity index (χ2n) is 13.8. The van der Waals surface area contributed by atoms with Crippen LogP contribution in [0.2, 0.25) is 0 Å². The van der Waals surface area contributed by atoms with Gasteiger partial charge in [-0.3, -0.25) is 4.90 Å². The zero-order chi connectivity index (χ0) is 23.7. The summed E-state index contributed by atoms with van der Waals surface area (Å²) in [6, 6.07) is 0. The van der Waals surface area contributed by atoms with Crippen LogP contribution in [0.1, 0.15) is 106 Å². The average molecular weight is 445 g/mol. The SMILES string of the molecule is C[C@H](CCC(N)N(C)C)[C@H]1CC[C@@]2(C)C3=C(CC[C@]12C)[C@@]1(C)CC[C@H](O)C(C)(C)[C@@H]1CC3. The summed E-state index contributed by atoms with van der Waals surface area (Å²) in [6.07, 6.45) is 12.5. The van der Waals surface area contributed by atoms with E-state index in [1.54, 1.807) is 0 Å². The number of hydrogen-bond donors (Lipinski definition) is 2. The Labute approximate surface area is 198 Å². The molecule has 4 aliphatic rings. The normalized spacial score (nSPS) is 45.3. The number of aliphatic hydroxyl groups is 1. The molecular formula is C29H52N2O. The second-order valence-corrected chi connectivity index (χ2v) is 13.8. The molecule has 0 aromatic heterocycles. The molecule has 0 bridgehead atoms. The van der Waals surface area contributed by atoms with Gasteiger partial charge in [-0.2, -0.15) is 0 Å². The molecule has 0 radical (unpaired) electrons. The summed E-state index contributed by atoms with van der Waals surface area (Å²) in [5.74, 6) is 2.17. The third-order valence-electron chi connectivity index (χ3n) is 12.1. The number of allylic oxidation sites excluding steroid dienone is 2. The summed E-state index contributed by atoms with van der Waals surface area (Å²) in [6.45, 7) is 15.1. The topological polar surface area (TPSA) is 49.5 Å². The molecule has 2 saturated carbocycles. The second kappa shape index (κ2) is 8.09. The summed E-state index contributed by atoms with van der Waals surface area (Å²) in [7, 11) is 4.20. The van der Waals surface area contributed by atoms with Crippen LogP contribution in [-0.4, -0.2) is 36.4 Å². The smallest absolute Gasteiger partial charge is 0.0594 e. The highest BCUT2D eigenvalue weighted by molar-refractivity contribution is 5.38. The van der Waals surface area contributed by atoms with Gasteiger partial charge in [0.2, 0.25) is 0 Å². The van der Waals surface area contributed by atoms with Crippen LogP contribution in [0, 0.1) is 39.4 Å². The van der Waals surface area contributed by atoms with Crippen molar-refractivity contribution < 1.29 is 5.11 Å². The van der Waals surface area contributed by atoms with E-state index in [0.29, 0.717) is 22.2 Å². The molecule has 0 spiro atoms. The first-order valence-corrected chi connectivity index (χ1v) is 13.6. The Morgan fingerprint density at radius 1 is 0.938 bits per heavy atom. The van der Waals surface area contributed by atoms with Crippen LogP contribution in [0.25, 0.3) is 0 Å². The molecule has 184 valence electrons. The molecule has 0 saturated heterocycles. The van der Waals surface area contributed by atoms with Crippen molar-refractivity contribution in [2.45, 2.75) is 118 Å². The lowest BCUT2D eigenvalue weighted by Gasteiger charge is -2.62. The Bertz CT molecular complexity index is 756. The van der Waals surface area contributed by atoms with Gasteiger partial charge in [-0.1, -0.05) is 52.7 Å². The van der Waals surface area contributed by atoms with Crippen molar-refractivity contribution in [3.8, 4) is 0 Å². The lowest BCUT2D eigenvalue weighted by molar-refractivity contribution is -0.0962. The fraction of sp³-hybridized carbons (Fsp3) is 0.931. The van der Waals surface area contributed by atoms with Crippen LogP contribution < -0.4 is 5.73 Å². The summed E-state index contributed by atoms with van der Waals surface area (Å²) in [5, 5.41) is 10.8. The van der Waals surface area contributed by atoms with E-state index in [1.165, 1.54) is 51.4 Å². The molecule has 0 aliphatic heterocycles. The minimum atomic E-state index is -0.141. The van der Waals surface area contributed by atoms with E-state index in [1.807, 2.05) is 11.1 Å². The Morgan fingerprint density at radius 3 is 2.28 bits per heavy atom. The molecular weight excluding hydrogens is 392 g/mol. The van der Waals surface area contributed by atoms with Gasteiger partial charge in [0.1, 0.15) is 0 Å². The molecule has 3 N–H and O–H groups in total. The van der Waals surface area contributed by atoms with Crippen molar-refractivity contribution >= 4 is 0 Å². The van der Waals surface area contributed by atoms with Crippen molar-refractivity contribution in [3.63, 3.8) is 0 Å². The molecule has 0 amide bonds. The quantitative estimate of drug-likeness (QED) is 0.383. The predicted octanol–water partition coefficient (Wildman–Crippen LogP) is 6.36. The first kappa shape index (κ1) is 24.7. The first-order valence-electron chi connectivity index (χ1n) is 13.6. The fourth-order valence-electron chi connectivity index (χ4n) is 9.52. The molecule has 3 heteroatoms. The molecule has 8 atom stereocenters. The lowest BCUT2D eigenvalue weighted by Crippen LogP contribution is -2.55. The fourth-order valence-corrected chi connectivity index (χ4v) is 9.52. The Hall–Kier alpha value is -0.380. The van der Waals surface area contributed by atoms with Gasteiger partial charge >= 0.3 is 0 Å². The van der Waals surface area contributed by atoms with Gasteiger partial charge in [-0.25, -0.2) is 0 Å². The number of hydrogen-bond acceptors (Lipinski definition) is 3. The molecule has 4 aliphatic carbocycles. The zero-order valence-corrected chi connectivity index (χ0v) is 22.4. The number of nitrogens with two attached hydrogens (primary N) is 1. The molecule has 1 unspecified atom stereocenters. The molecule has 2 fully saturated rings. The van der Waals surface area contributed by atoms with E-state index >= 15 is 0 Å². The number of rotatable bonds is 5. The highest BCUT2D eigenvalue weighted by atomic mass is 16.3. The van der Waals surface area contributed by atoms with Crippen LogP contribution in [0.4, 0.5) is 0 Å². The zero-order valence-electron chi connectivity index (χ0n) is 22.4. The molecule has 0 aromatic carbocycles. The van der Waals surface area contributed by atoms with Gasteiger partial charge in [0.15, 0.2) is 0 Å². The van der Waals surface area contributed by atoms with Crippen molar-refractivity contribution in [1.82, 2.24) is 4.90 Å². The van der Waals surface area contributed by atoms with E-state index in [4.69, 9.17) is 5.73 Å². The lowest BCUT2D eigenvalue weighted by atomic mass is 9.43. The number of nitrogens with zero attached hydrogens (tertiary/aromatic N) is 1. The summed E-state index contributed by atoms with van der Waals surface area (Å²) in [5.41, 5.74) is 11.1. The van der Waals surface area contributed by atoms with Crippen LogP contribution in [-0.2, 0) is 0 Å². The third kappa shape index (κ3) is 3.39. The van der Waals surface area contributed by atoms with Crippen molar-refractivity contribution in [3.05, 3.63) is 11.1 Å². The molecule has 32 heavy (non-hydrogen) atoms. The van der Waals surface area contributed by atoms with E-state index in [2.05, 4.69) is 60.5 Å². The van der Waals surface area contributed by atoms with Gasteiger partial charge in [0.05, 0.1) is 12.3 Å². The standard InChI is InChI=1S/C29H52N2O/c1-19(9-12-25(30)31(7)8)20-13-17-29(6)22-10-11-23-26(2,3)24(32)15-16-27(23,4)21(22)14-18-28(20,29)5/h19-20,23-25,32H,9-18,30H2,1-8H3/t19-,20-,23+,24+,25?,27-,28-,29+/m1/s1. The van der Waals surface area contributed by atoms with Crippen molar-refractivity contribution in [2.75, 3.05) is 14.1 Å². The minimum Gasteiger partial charge on any atom is -0.393 e. The summed E-state index contributed by atoms with van der Waals surface area (Å²) in [4.78, 5) is 2.16. The van der Waals surface area contributed by atoms with Crippen molar-refractivity contribution in [1.29, 1.82) is 0 Å². The monoisotopic (exact) mass is 444 g/mol. The van der Waals surface area contributed by atoms with E-state index in [-0.39, 0.29) is 17.7 Å². The predicted molar refractivity (Wildman–Crippen MR) is 135 cm³/mol. The first-order chi connectivity index (χ1) is 14.8. The van der Waals surface area contributed by atoms with E-state index < -0.39 is 0 Å². The maximum Gasteiger partial charge on any atom is 0.0594 e. The third-order valence-corrected chi connectivity index (χ3v) is 12.1. The van der Waals surface area contributed by atoms with Gasteiger partial charge in [-0.15, -0.1) is 0 Å². The number of fused-ring (bicyclic) bond motifs is 4. The van der Waals surface area contributed by atoms with Gasteiger partial charge < -0.3 is 10.8 Å². The van der Waals surface area contributed by atoms with Gasteiger partial charge in [-0.05, 0) is 118 Å². The largest absolute Gasteiger partial charge is 0.393 e. The number of aliphatic hydroxyl groups excluding tert-OH is 1. The van der Waals surface area contributed by atoms with Crippen LogP contribution in [0.15, 0.2) is 11.1 Å². The van der Waals surface area contributed by atoms with Gasteiger partial charge in [0, 0.05) is 0 Å². The maximum absolute atomic E-state index is 10.8. The molecule has 3 nitrogen and oxygen atoms in total. The summed E-state index contributed by atoms with van der Waals surface area (Å²) >= 11 is 0. The van der Waals surface area contributed by atoms with Crippen LogP contribution in [0.3, 0.4) is 0 Å². The Kier molecular flexibility index (Phi) is 6.25. The maximum atomic E-state index is 10.8. The average Bonchev–Trinajstić information content (AvgIpc) is 3.00. The highest BCUT2D eigenvalue weighted by Crippen LogP contribution is 2.72. The van der Waals surface area contributed by atoms with E-state index in [0.717, 1.165) is 24.7 Å². The van der Waals surface area contributed by atoms with Crippen LogP contribution >= 0.6 is 0 Å². The Morgan fingerprint density at radius 2 is 1.62 bits per heavy atom. The van der Waals surface area contributed by atoms with Crippen molar-refractivity contribution in [2.24, 2.45) is 45.1 Å². The minimum absolute atomic E-state index is 0.0329. The highest BCUT2D eigenvalue weighted by Gasteiger charge is 2.63. The summed E-state index contributed by atoms with van der Waals surface area (Å²) < 4.78 is 0. The molecule has 0 heterocycles. The molecule has 0 aromatic rings. The molecule has 4 rings (SSSR count). The van der Waals surface area contributed by atoms with Gasteiger partial charge in [0.25, 0.3) is 0 Å². The Balaban J connectivity index is 1.62.